The number of hydrogen-bond acceptors (Lipinski definition) is 2. The van der Waals surface area contributed by atoms with Gasteiger partial charge in [0.05, 0.1) is 0 Å². The Hall–Kier alpha value is -1.02. The van der Waals surface area contributed by atoms with E-state index in [9.17, 15) is 0 Å². The van der Waals surface area contributed by atoms with Crippen molar-refractivity contribution in [1.29, 1.82) is 0 Å². The van der Waals surface area contributed by atoms with Crippen LogP contribution in [0, 0.1) is 6.92 Å². The van der Waals surface area contributed by atoms with Crippen LogP contribution in [0.1, 0.15) is 44.2 Å². The first-order chi connectivity index (χ1) is 7.70. The lowest BCUT2D eigenvalue weighted by atomic mass is 10.0. The summed E-state index contributed by atoms with van der Waals surface area (Å²) in [4.78, 5) is 2.40. The lowest BCUT2D eigenvalue weighted by molar-refractivity contribution is 0.761. The second-order valence-electron chi connectivity index (χ2n) is 4.60. The third-order valence-electron chi connectivity index (χ3n) is 3.14. The van der Waals surface area contributed by atoms with Gasteiger partial charge in [-0.1, -0.05) is 38.8 Å². The molecule has 3 N–H and O–H groups in total. The van der Waals surface area contributed by atoms with Gasteiger partial charge in [0, 0.05) is 19.3 Å². The SMILES string of the molecule is CCCCN(C)c1cccc(C)c1CCC.N. The highest BCUT2D eigenvalue weighted by molar-refractivity contribution is 5.56. The van der Waals surface area contributed by atoms with Crippen LogP contribution in [0.4, 0.5) is 5.69 Å². The molecule has 1 aromatic rings. The maximum atomic E-state index is 2.40. The van der Waals surface area contributed by atoms with Gasteiger partial charge in [-0.25, -0.2) is 0 Å². The van der Waals surface area contributed by atoms with Gasteiger partial charge in [-0.2, -0.15) is 0 Å². The Bertz CT molecular complexity index is 321. The highest BCUT2D eigenvalue weighted by Gasteiger charge is 2.08. The summed E-state index contributed by atoms with van der Waals surface area (Å²) >= 11 is 0. The highest BCUT2D eigenvalue weighted by Crippen LogP contribution is 2.24. The summed E-state index contributed by atoms with van der Waals surface area (Å²) in [6.07, 6.45) is 4.95. The molecular weight excluding hydrogens is 208 g/mol. The molecule has 98 valence electrons. The van der Waals surface area contributed by atoms with Crippen molar-refractivity contribution in [2.24, 2.45) is 0 Å². The van der Waals surface area contributed by atoms with Crippen molar-refractivity contribution in [3.8, 4) is 0 Å². The average molecular weight is 236 g/mol. The van der Waals surface area contributed by atoms with Crippen molar-refractivity contribution < 1.29 is 0 Å². The number of aryl methyl sites for hydroxylation is 1. The normalized spacial score (nSPS) is 9.88. The minimum Gasteiger partial charge on any atom is -0.374 e. The molecule has 0 heterocycles. The van der Waals surface area contributed by atoms with E-state index in [0.717, 1.165) is 6.54 Å². The fourth-order valence-electron chi connectivity index (χ4n) is 2.14. The summed E-state index contributed by atoms with van der Waals surface area (Å²) in [5, 5.41) is 0. The van der Waals surface area contributed by atoms with Crippen LogP contribution in [0.3, 0.4) is 0 Å². The van der Waals surface area contributed by atoms with Crippen molar-refractivity contribution >= 4 is 5.69 Å². The van der Waals surface area contributed by atoms with E-state index in [1.54, 1.807) is 0 Å². The van der Waals surface area contributed by atoms with E-state index in [1.165, 1.54) is 42.5 Å². The molecule has 0 amide bonds. The first-order valence-corrected chi connectivity index (χ1v) is 6.50. The zero-order chi connectivity index (χ0) is 12.0. The van der Waals surface area contributed by atoms with Crippen LogP contribution in [0.5, 0.6) is 0 Å². The Labute approximate surface area is 107 Å². The zero-order valence-electron chi connectivity index (χ0n) is 11.9. The van der Waals surface area contributed by atoms with Crippen LogP contribution < -0.4 is 11.1 Å². The zero-order valence-corrected chi connectivity index (χ0v) is 11.9. The number of nitrogens with zero attached hydrogens (tertiary/aromatic N) is 1. The lowest BCUT2D eigenvalue weighted by Crippen LogP contribution is -2.20. The van der Waals surface area contributed by atoms with Gasteiger partial charge in [-0.15, -0.1) is 0 Å². The van der Waals surface area contributed by atoms with Crippen LogP contribution in [0.15, 0.2) is 18.2 Å². The Balaban J connectivity index is 0.00000256. The summed E-state index contributed by atoms with van der Waals surface area (Å²) in [7, 11) is 2.21. The molecule has 17 heavy (non-hydrogen) atoms. The predicted molar refractivity (Wildman–Crippen MR) is 78.4 cm³/mol. The Kier molecular flexibility index (Phi) is 7.64. The topological polar surface area (TPSA) is 38.2 Å². The molecule has 0 saturated heterocycles. The second kappa shape index (κ2) is 8.13. The Morgan fingerprint density at radius 3 is 2.41 bits per heavy atom. The van der Waals surface area contributed by atoms with Gasteiger partial charge in [0.1, 0.15) is 0 Å². The first kappa shape index (κ1) is 16.0. The van der Waals surface area contributed by atoms with E-state index in [0.29, 0.717) is 0 Å². The summed E-state index contributed by atoms with van der Waals surface area (Å²) < 4.78 is 0. The number of unbranched alkanes of at least 4 members (excludes halogenated alkanes) is 1. The fourth-order valence-corrected chi connectivity index (χ4v) is 2.14. The molecule has 0 aromatic heterocycles. The predicted octanol–water partition coefficient (Wildman–Crippen LogP) is 4.35. The molecule has 2 nitrogen and oxygen atoms in total. The summed E-state index contributed by atoms with van der Waals surface area (Å²) in [6, 6.07) is 6.65. The first-order valence-electron chi connectivity index (χ1n) is 6.50. The Morgan fingerprint density at radius 1 is 1.12 bits per heavy atom. The minimum absolute atomic E-state index is 0. The van der Waals surface area contributed by atoms with Crippen LogP contribution in [0.25, 0.3) is 0 Å². The van der Waals surface area contributed by atoms with E-state index >= 15 is 0 Å². The maximum absolute atomic E-state index is 2.40. The van der Waals surface area contributed by atoms with Crippen molar-refractivity contribution in [2.45, 2.75) is 46.5 Å². The Morgan fingerprint density at radius 2 is 1.82 bits per heavy atom. The van der Waals surface area contributed by atoms with E-state index in [2.05, 4.69) is 50.9 Å². The van der Waals surface area contributed by atoms with Crippen molar-refractivity contribution in [3.05, 3.63) is 29.3 Å². The molecule has 0 aliphatic carbocycles. The fraction of sp³-hybridized carbons (Fsp3) is 0.600. The van der Waals surface area contributed by atoms with Crippen molar-refractivity contribution in [1.82, 2.24) is 6.15 Å². The molecule has 2 heteroatoms. The van der Waals surface area contributed by atoms with Gasteiger partial charge in [-0.3, -0.25) is 0 Å². The molecule has 0 aliphatic rings. The molecule has 0 unspecified atom stereocenters. The summed E-state index contributed by atoms with van der Waals surface area (Å²) in [5.41, 5.74) is 4.39. The second-order valence-corrected chi connectivity index (χ2v) is 4.60. The quantitative estimate of drug-likeness (QED) is 0.797. The average Bonchev–Trinajstić information content (AvgIpc) is 2.29. The van der Waals surface area contributed by atoms with E-state index in [4.69, 9.17) is 0 Å². The van der Waals surface area contributed by atoms with E-state index < -0.39 is 0 Å². The molecule has 0 aliphatic heterocycles. The van der Waals surface area contributed by atoms with Crippen LogP contribution in [-0.4, -0.2) is 13.6 Å². The molecule has 0 radical (unpaired) electrons. The molecule has 1 rings (SSSR count). The number of rotatable bonds is 6. The highest BCUT2D eigenvalue weighted by atomic mass is 15.1. The van der Waals surface area contributed by atoms with E-state index in [1.807, 2.05) is 0 Å². The number of benzene rings is 1. The van der Waals surface area contributed by atoms with E-state index in [-0.39, 0.29) is 6.15 Å². The summed E-state index contributed by atoms with van der Waals surface area (Å²) in [5.74, 6) is 0. The van der Waals surface area contributed by atoms with Crippen LogP contribution >= 0.6 is 0 Å². The lowest BCUT2D eigenvalue weighted by Gasteiger charge is -2.23. The number of anilines is 1. The molecule has 0 bridgehead atoms. The van der Waals surface area contributed by atoms with Gasteiger partial charge in [0.2, 0.25) is 0 Å². The van der Waals surface area contributed by atoms with Gasteiger partial charge in [0.15, 0.2) is 0 Å². The largest absolute Gasteiger partial charge is 0.374 e. The van der Waals surface area contributed by atoms with Gasteiger partial charge in [-0.05, 0) is 37.0 Å². The van der Waals surface area contributed by atoms with Crippen LogP contribution in [0.2, 0.25) is 0 Å². The van der Waals surface area contributed by atoms with Crippen LogP contribution in [-0.2, 0) is 6.42 Å². The third-order valence-corrected chi connectivity index (χ3v) is 3.14. The van der Waals surface area contributed by atoms with Crippen molar-refractivity contribution in [3.63, 3.8) is 0 Å². The molecule has 0 saturated carbocycles. The summed E-state index contributed by atoms with van der Waals surface area (Å²) in [6.45, 7) is 7.89. The maximum Gasteiger partial charge on any atom is 0.0398 e. The molecule has 0 fully saturated rings. The minimum atomic E-state index is 0. The van der Waals surface area contributed by atoms with Gasteiger partial charge < -0.3 is 11.1 Å². The van der Waals surface area contributed by atoms with Crippen molar-refractivity contribution in [2.75, 3.05) is 18.5 Å². The van der Waals surface area contributed by atoms with Gasteiger partial charge >= 0.3 is 0 Å². The standard InChI is InChI=1S/C15H25N.H3N/c1-5-7-12-16(4)15-11-8-10-13(3)14(15)9-6-2;/h8,10-11H,5-7,9,12H2,1-4H3;1H3. The monoisotopic (exact) mass is 236 g/mol. The molecule has 0 atom stereocenters. The number of hydrogen-bond donors (Lipinski definition) is 1. The molecule has 0 spiro atoms. The third kappa shape index (κ3) is 4.39. The molecular formula is C15H28N2. The molecule has 1 aromatic carbocycles. The smallest absolute Gasteiger partial charge is 0.0398 e. The van der Waals surface area contributed by atoms with Gasteiger partial charge in [0.25, 0.3) is 0 Å².